The Morgan fingerprint density at radius 1 is 1.33 bits per heavy atom. The molecule has 6 heteroatoms. The van der Waals surface area contributed by atoms with Gasteiger partial charge in [-0.25, -0.2) is 13.1 Å². The van der Waals surface area contributed by atoms with Crippen LogP contribution in [0.5, 0.6) is 0 Å². The lowest BCUT2D eigenvalue weighted by molar-refractivity contribution is 0.185. The van der Waals surface area contributed by atoms with Gasteiger partial charge in [-0.3, -0.25) is 0 Å². The van der Waals surface area contributed by atoms with Crippen LogP contribution in [0.15, 0.2) is 29.2 Å². The van der Waals surface area contributed by atoms with E-state index in [2.05, 4.69) is 4.72 Å². The summed E-state index contributed by atoms with van der Waals surface area (Å²) in [5, 5.41) is 9.43. The van der Waals surface area contributed by atoms with Gasteiger partial charge in [-0.05, 0) is 31.0 Å². The van der Waals surface area contributed by atoms with Gasteiger partial charge in [0.2, 0.25) is 10.0 Å². The maximum Gasteiger partial charge on any atom is 0.241 e. The van der Waals surface area contributed by atoms with Crippen LogP contribution < -0.4 is 10.5 Å². The van der Waals surface area contributed by atoms with Crippen LogP contribution in [0.4, 0.5) is 5.69 Å². The van der Waals surface area contributed by atoms with E-state index in [0.717, 1.165) is 12.8 Å². The minimum absolute atomic E-state index is 0.141. The standard InChI is InChI=1S/C12H18N2O3S/c13-10-4-3-5-11(8-10)18(16,17)14-12(9-15)6-1-2-7-12/h3-5,8,14-15H,1-2,6-7,9,13H2. The normalized spacial score (nSPS) is 18.9. The third-order valence-corrected chi connectivity index (χ3v) is 4.96. The van der Waals surface area contributed by atoms with Gasteiger partial charge in [0, 0.05) is 5.69 Å². The lowest BCUT2D eigenvalue weighted by Crippen LogP contribution is -2.49. The highest BCUT2D eigenvalue weighted by atomic mass is 32.2. The van der Waals surface area contributed by atoms with E-state index in [1.165, 1.54) is 12.1 Å². The van der Waals surface area contributed by atoms with Crippen molar-refractivity contribution in [3.05, 3.63) is 24.3 Å². The molecule has 1 aromatic rings. The van der Waals surface area contributed by atoms with Crippen molar-refractivity contribution in [1.82, 2.24) is 4.72 Å². The Bertz CT molecular complexity index is 522. The fourth-order valence-electron chi connectivity index (χ4n) is 2.37. The summed E-state index contributed by atoms with van der Waals surface area (Å²) in [6.07, 6.45) is 3.20. The smallest absolute Gasteiger partial charge is 0.241 e. The van der Waals surface area contributed by atoms with Gasteiger partial charge in [0.15, 0.2) is 0 Å². The van der Waals surface area contributed by atoms with Crippen molar-refractivity contribution in [2.24, 2.45) is 0 Å². The van der Waals surface area contributed by atoms with Gasteiger partial charge in [-0.2, -0.15) is 0 Å². The van der Waals surface area contributed by atoms with E-state index in [4.69, 9.17) is 5.73 Å². The predicted molar refractivity (Wildman–Crippen MR) is 69.5 cm³/mol. The number of benzene rings is 1. The van der Waals surface area contributed by atoms with E-state index in [-0.39, 0.29) is 11.5 Å². The Hall–Kier alpha value is -1.11. The van der Waals surface area contributed by atoms with Crippen molar-refractivity contribution < 1.29 is 13.5 Å². The molecule has 1 saturated carbocycles. The number of aliphatic hydroxyl groups excluding tert-OH is 1. The summed E-state index contributed by atoms with van der Waals surface area (Å²) in [5.41, 5.74) is 5.29. The number of hydrogen-bond donors (Lipinski definition) is 3. The van der Waals surface area contributed by atoms with Crippen LogP contribution in [-0.2, 0) is 10.0 Å². The Labute approximate surface area is 107 Å². The maximum atomic E-state index is 12.2. The Kier molecular flexibility index (Phi) is 3.61. The summed E-state index contributed by atoms with van der Waals surface area (Å²) >= 11 is 0. The van der Waals surface area contributed by atoms with E-state index >= 15 is 0 Å². The van der Waals surface area contributed by atoms with Crippen molar-refractivity contribution in [3.8, 4) is 0 Å². The summed E-state index contributed by atoms with van der Waals surface area (Å²) in [6.45, 7) is -0.172. The number of rotatable bonds is 4. The average Bonchev–Trinajstić information content (AvgIpc) is 2.77. The van der Waals surface area contributed by atoms with Gasteiger partial charge < -0.3 is 10.8 Å². The molecule has 0 atom stereocenters. The highest BCUT2D eigenvalue weighted by Gasteiger charge is 2.37. The molecule has 2 rings (SSSR count). The van der Waals surface area contributed by atoms with Crippen molar-refractivity contribution in [2.45, 2.75) is 36.1 Å². The minimum atomic E-state index is -3.63. The van der Waals surface area contributed by atoms with Gasteiger partial charge in [0.05, 0.1) is 17.0 Å². The lowest BCUT2D eigenvalue weighted by atomic mass is 10.0. The van der Waals surface area contributed by atoms with E-state index in [1.807, 2.05) is 0 Å². The van der Waals surface area contributed by atoms with Crippen molar-refractivity contribution in [2.75, 3.05) is 12.3 Å². The first-order valence-electron chi connectivity index (χ1n) is 5.98. The summed E-state index contributed by atoms with van der Waals surface area (Å²) < 4.78 is 27.1. The molecule has 100 valence electrons. The number of anilines is 1. The highest BCUT2D eigenvalue weighted by Crippen LogP contribution is 2.31. The van der Waals surface area contributed by atoms with E-state index in [9.17, 15) is 13.5 Å². The molecule has 0 aliphatic heterocycles. The molecule has 0 radical (unpaired) electrons. The summed E-state index contributed by atoms with van der Waals surface area (Å²) in [4.78, 5) is 0.141. The van der Waals surface area contributed by atoms with E-state index in [0.29, 0.717) is 18.5 Å². The molecular weight excluding hydrogens is 252 g/mol. The summed E-state index contributed by atoms with van der Waals surface area (Å²) in [6, 6.07) is 6.15. The Morgan fingerprint density at radius 2 is 2.00 bits per heavy atom. The number of hydrogen-bond acceptors (Lipinski definition) is 4. The molecule has 0 aromatic heterocycles. The Morgan fingerprint density at radius 3 is 2.56 bits per heavy atom. The fraction of sp³-hybridized carbons (Fsp3) is 0.500. The average molecular weight is 270 g/mol. The first kappa shape index (κ1) is 13.3. The number of sulfonamides is 1. The number of nitrogen functional groups attached to an aromatic ring is 1. The quantitative estimate of drug-likeness (QED) is 0.707. The number of nitrogens with two attached hydrogens (primary N) is 1. The third-order valence-electron chi connectivity index (χ3n) is 3.38. The highest BCUT2D eigenvalue weighted by molar-refractivity contribution is 7.89. The summed E-state index contributed by atoms with van der Waals surface area (Å²) in [7, 11) is -3.63. The minimum Gasteiger partial charge on any atom is -0.399 e. The molecule has 0 spiro atoms. The number of aliphatic hydroxyl groups is 1. The van der Waals surface area contributed by atoms with Gasteiger partial charge in [-0.1, -0.05) is 18.9 Å². The van der Waals surface area contributed by atoms with Gasteiger partial charge in [-0.15, -0.1) is 0 Å². The molecule has 0 bridgehead atoms. The molecule has 1 aromatic carbocycles. The molecule has 1 aliphatic rings. The van der Waals surface area contributed by atoms with Crippen molar-refractivity contribution in [1.29, 1.82) is 0 Å². The van der Waals surface area contributed by atoms with Gasteiger partial charge >= 0.3 is 0 Å². The maximum absolute atomic E-state index is 12.2. The van der Waals surface area contributed by atoms with Crippen LogP contribution in [-0.4, -0.2) is 25.7 Å². The molecule has 4 N–H and O–H groups in total. The molecule has 1 fully saturated rings. The molecule has 0 unspecified atom stereocenters. The molecule has 0 heterocycles. The fourth-order valence-corrected chi connectivity index (χ4v) is 3.88. The molecular formula is C12H18N2O3S. The first-order chi connectivity index (χ1) is 8.47. The van der Waals surface area contributed by atoms with E-state index in [1.54, 1.807) is 12.1 Å². The lowest BCUT2D eigenvalue weighted by Gasteiger charge is -2.27. The SMILES string of the molecule is Nc1cccc(S(=O)(=O)NC2(CO)CCCC2)c1. The van der Waals surface area contributed by atoms with Crippen molar-refractivity contribution in [3.63, 3.8) is 0 Å². The zero-order chi connectivity index (χ0) is 13.2. The molecule has 0 saturated heterocycles. The second-order valence-electron chi connectivity index (χ2n) is 4.82. The van der Waals surface area contributed by atoms with Crippen LogP contribution in [0.1, 0.15) is 25.7 Å². The molecule has 1 aliphatic carbocycles. The first-order valence-corrected chi connectivity index (χ1v) is 7.46. The third kappa shape index (κ3) is 2.66. The van der Waals surface area contributed by atoms with Crippen molar-refractivity contribution >= 4 is 15.7 Å². The van der Waals surface area contributed by atoms with Crippen LogP contribution in [0, 0.1) is 0 Å². The molecule has 0 amide bonds. The zero-order valence-electron chi connectivity index (χ0n) is 10.1. The molecule has 5 nitrogen and oxygen atoms in total. The summed E-state index contributed by atoms with van der Waals surface area (Å²) in [5.74, 6) is 0. The van der Waals surface area contributed by atoms with E-state index < -0.39 is 15.6 Å². The van der Waals surface area contributed by atoms with Crippen LogP contribution in [0.25, 0.3) is 0 Å². The molecule has 18 heavy (non-hydrogen) atoms. The predicted octanol–water partition coefficient (Wildman–Crippen LogP) is 0.852. The second-order valence-corrected chi connectivity index (χ2v) is 6.51. The van der Waals surface area contributed by atoms with Gasteiger partial charge in [0.1, 0.15) is 0 Å². The monoisotopic (exact) mass is 270 g/mol. The number of nitrogens with one attached hydrogen (secondary N) is 1. The van der Waals surface area contributed by atoms with Crippen LogP contribution >= 0.6 is 0 Å². The second kappa shape index (κ2) is 4.87. The topological polar surface area (TPSA) is 92.4 Å². The van der Waals surface area contributed by atoms with Crippen LogP contribution in [0.3, 0.4) is 0 Å². The largest absolute Gasteiger partial charge is 0.399 e. The van der Waals surface area contributed by atoms with Crippen LogP contribution in [0.2, 0.25) is 0 Å². The van der Waals surface area contributed by atoms with Gasteiger partial charge in [0.25, 0.3) is 0 Å². The zero-order valence-corrected chi connectivity index (χ0v) is 10.9. The Balaban J connectivity index is 2.27.